The summed E-state index contributed by atoms with van der Waals surface area (Å²) in [6, 6.07) is 10.8. The van der Waals surface area contributed by atoms with Crippen molar-refractivity contribution in [3.8, 4) is 5.75 Å². The van der Waals surface area contributed by atoms with Gasteiger partial charge in [0.05, 0.1) is 6.04 Å². The number of hydrogen-bond acceptors (Lipinski definition) is 7. The number of carbonyl (C=O) groups is 4. The second-order valence-electron chi connectivity index (χ2n) is 10.8. The maximum atomic E-state index is 13.6. The molecule has 0 saturated carbocycles. The molecule has 11 N–H and O–H groups in total. The molecule has 3 amide bonds. The van der Waals surface area contributed by atoms with Crippen LogP contribution >= 0.6 is 0 Å². The van der Waals surface area contributed by atoms with Crippen molar-refractivity contribution < 1.29 is 29.4 Å². The van der Waals surface area contributed by atoms with E-state index in [1.165, 1.54) is 12.1 Å². The molecule has 0 saturated heterocycles. The lowest BCUT2D eigenvalue weighted by atomic mass is 10.0. The Bertz CT molecular complexity index is 1230. The van der Waals surface area contributed by atoms with E-state index in [-0.39, 0.29) is 49.9 Å². The van der Waals surface area contributed by atoms with Gasteiger partial charge in [0, 0.05) is 13.0 Å². The number of nitrogens with two attached hydrogens (primary N) is 3. The molecule has 0 bridgehead atoms. The van der Waals surface area contributed by atoms with Crippen molar-refractivity contribution >= 4 is 29.7 Å². The fourth-order valence-electron chi connectivity index (χ4n) is 4.33. The van der Waals surface area contributed by atoms with Crippen LogP contribution in [0.25, 0.3) is 0 Å². The average molecular weight is 598 g/mol. The van der Waals surface area contributed by atoms with E-state index < -0.39 is 47.9 Å². The molecule has 2 aromatic rings. The highest BCUT2D eigenvalue weighted by atomic mass is 16.4. The van der Waals surface area contributed by atoms with E-state index in [1.54, 1.807) is 36.4 Å². The summed E-state index contributed by atoms with van der Waals surface area (Å²) in [5.74, 6) is -3.13. The minimum Gasteiger partial charge on any atom is -0.508 e. The third-order valence-electron chi connectivity index (χ3n) is 6.54. The van der Waals surface area contributed by atoms with Crippen LogP contribution in [0.1, 0.15) is 44.2 Å². The number of phenolic OH excluding ortho intramolecular Hbond substituents is 1. The zero-order valence-electron chi connectivity index (χ0n) is 24.5. The first-order chi connectivity index (χ1) is 20.3. The summed E-state index contributed by atoms with van der Waals surface area (Å²) in [4.78, 5) is 55.6. The molecule has 2 aromatic carbocycles. The van der Waals surface area contributed by atoms with Gasteiger partial charge in [-0.3, -0.25) is 19.4 Å². The number of guanidine groups is 1. The van der Waals surface area contributed by atoms with E-state index in [1.807, 2.05) is 19.9 Å². The maximum Gasteiger partial charge on any atom is 0.326 e. The van der Waals surface area contributed by atoms with E-state index in [2.05, 4.69) is 20.9 Å². The molecule has 4 atom stereocenters. The lowest BCUT2D eigenvalue weighted by Crippen LogP contribution is -2.57. The quantitative estimate of drug-likeness (QED) is 0.0702. The monoisotopic (exact) mass is 597 g/mol. The first kappa shape index (κ1) is 34.6. The highest BCUT2D eigenvalue weighted by Gasteiger charge is 2.30. The van der Waals surface area contributed by atoms with Crippen molar-refractivity contribution in [1.29, 1.82) is 0 Å². The van der Waals surface area contributed by atoms with Crippen LogP contribution in [0.3, 0.4) is 0 Å². The molecule has 0 spiro atoms. The predicted octanol–water partition coefficient (Wildman–Crippen LogP) is 0.143. The first-order valence-corrected chi connectivity index (χ1v) is 14.1. The minimum absolute atomic E-state index is 0.000779. The SMILES string of the molecule is CC(C)CC(NC(=O)C(Cc1ccccc1)NC(=O)C(CCCN=C(N)N)NC(=O)C(N)Cc1ccc(O)cc1)C(=O)O. The Balaban J connectivity index is 2.24. The van der Waals surface area contributed by atoms with Crippen LogP contribution in [-0.2, 0) is 32.0 Å². The molecule has 0 aromatic heterocycles. The topological polar surface area (TPSA) is 235 Å². The first-order valence-electron chi connectivity index (χ1n) is 14.1. The van der Waals surface area contributed by atoms with Gasteiger partial charge in [0.25, 0.3) is 0 Å². The van der Waals surface area contributed by atoms with E-state index in [0.29, 0.717) is 12.0 Å². The number of aromatic hydroxyl groups is 1. The fraction of sp³-hybridized carbons (Fsp3) is 0.433. The summed E-state index contributed by atoms with van der Waals surface area (Å²) in [7, 11) is 0. The molecule has 43 heavy (non-hydrogen) atoms. The lowest BCUT2D eigenvalue weighted by Gasteiger charge is -2.26. The number of rotatable bonds is 17. The van der Waals surface area contributed by atoms with Crippen molar-refractivity contribution in [3.05, 3.63) is 65.7 Å². The summed E-state index contributed by atoms with van der Waals surface area (Å²) >= 11 is 0. The fourth-order valence-corrected chi connectivity index (χ4v) is 4.33. The molecule has 4 unspecified atom stereocenters. The Kier molecular flexibility index (Phi) is 13.9. The van der Waals surface area contributed by atoms with E-state index >= 15 is 0 Å². The number of hydrogen-bond donors (Lipinski definition) is 8. The molecule has 2 rings (SSSR count). The van der Waals surface area contributed by atoms with E-state index in [9.17, 15) is 29.4 Å². The summed E-state index contributed by atoms with van der Waals surface area (Å²) in [6.07, 6.45) is 0.899. The number of carboxylic acids is 1. The summed E-state index contributed by atoms with van der Waals surface area (Å²) in [5.41, 5.74) is 18.4. The minimum atomic E-state index is -1.18. The number of nitrogens with one attached hydrogen (secondary N) is 3. The average Bonchev–Trinajstić information content (AvgIpc) is 2.95. The van der Waals surface area contributed by atoms with E-state index in [4.69, 9.17) is 17.2 Å². The van der Waals surface area contributed by atoms with Crippen LogP contribution in [0, 0.1) is 5.92 Å². The van der Waals surface area contributed by atoms with Crippen molar-refractivity contribution in [2.45, 2.75) is 70.1 Å². The predicted molar refractivity (Wildman–Crippen MR) is 163 cm³/mol. The highest BCUT2D eigenvalue weighted by Crippen LogP contribution is 2.12. The Hall–Kier alpha value is -4.65. The number of carbonyl (C=O) groups excluding carboxylic acids is 3. The Labute approximate surface area is 251 Å². The molecule has 0 aliphatic carbocycles. The Morgan fingerprint density at radius 2 is 1.35 bits per heavy atom. The van der Waals surface area contributed by atoms with Gasteiger partial charge >= 0.3 is 5.97 Å². The number of aliphatic imine (C=N–C) groups is 1. The second kappa shape index (κ2) is 17.3. The van der Waals surface area contributed by atoms with Gasteiger partial charge in [-0.25, -0.2) is 4.79 Å². The largest absolute Gasteiger partial charge is 0.508 e. The lowest BCUT2D eigenvalue weighted by molar-refractivity contribution is -0.142. The zero-order valence-corrected chi connectivity index (χ0v) is 24.5. The molecule has 0 aliphatic heterocycles. The van der Waals surface area contributed by atoms with Crippen LogP contribution in [0.15, 0.2) is 59.6 Å². The maximum absolute atomic E-state index is 13.6. The van der Waals surface area contributed by atoms with Crippen molar-refractivity contribution in [1.82, 2.24) is 16.0 Å². The van der Waals surface area contributed by atoms with Crippen LogP contribution in [0.5, 0.6) is 5.75 Å². The van der Waals surface area contributed by atoms with Crippen LogP contribution in [0.4, 0.5) is 0 Å². The number of nitrogens with zero attached hydrogens (tertiary/aromatic N) is 1. The standard InChI is InChI=1S/C30H43N7O6/c1-18(2)15-25(29(42)43)37-28(41)24(17-19-7-4-3-5-8-19)36-27(40)23(9-6-14-34-30(32)33)35-26(39)22(31)16-20-10-12-21(38)13-11-20/h3-5,7-8,10-13,18,22-25,38H,6,9,14-17,31H2,1-2H3,(H,35,39)(H,36,40)(H,37,41)(H,42,43)(H4,32,33,34). The zero-order chi connectivity index (χ0) is 31.9. The summed E-state index contributed by atoms with van der Waals surface area (Å²) in [5, 5.41) is 27.0. The van der Waals surface area contributed by atoms with Crippen molar-refractivity contribution in [2.24, 2.45) is 28.1 Å². The molecule has 0 fully saturated rings. The molecule has 234 valence electrons. The van der Waals surface area contributed by atoms with Crippen molar-refractivity contribution in [3.63, 3.8) is 0 Å². The Morgan fingerprint density at radius 1 is 0.791 bits per heavy atom. The van der Waals surface area contributed by atoms with Gasteiger partial charge in [-0.05, 0) is 54.9 Å². The van der Waals surface area contributed by atoms with Crippen LogP contribution in [0.2, 0.25) is 0 Å². The van der Waals surface area contributed by atoms with Crippen LogP contribution < -0.4 is 33.2 Å². The van der Waals surface area contributed by atoms with Gasteiger partial charge in [-0.15, -0.1) is 0 Å². The molecular formula is C30H43N7O6. The number of amides is 3. The van der Waals surface area contributed by atoms with Gasteiger partial charge in [0.2, 0.25) is 17.7 Å². The van der Waals surface area contributed by atoms with Gasteiger partial charge in [0.15, 0.2) is 5.96 Å². The molecule has 13 nitrogen and oxygen atoms in total. The van der Waals surface area contributed by atoms with Crippen molar-refractivity contribution in [2.75, 3.05) is 6.54 Å². The molecular weight excluding hydrogens is 554 g/mol. The van der Waals surface area contributed by atoms with Gasteiger partial charge in [-0.2, -0.15) is 0 Å². The van der Waals surface area contributed by atoms with E-state index in [0.717, 1.165) is 5.56 Å². The molecule has 0 radical (unpaired) electrons. The molecule has 0 aliphatic rings. The third kappa shape index (κ3) is 12.8. The van der Waals surface area contributed by atoms with Crippen LogP contribution in [-0.4, -0.2) is 70.6 Å². The Morgan fingerprint density at radius 3 is 1.93 bits per heavy atom. The number of phenols is 1. The number of carboxylic acid groups (broad SMARTS) is 1. The van der Waals surface area contributed by atoms with Gasteiger partial charge in [0.1, 0.15) is 23.9 Å². The number of aliphatic carboxylic acids is 1. The van der Waals surface area contributed by atoms with Gasteiger partial charge < -0.3 is 43.4 Å². The van der Waals surface area contributed by atoms with Gasteiger partial charge in [-0.1, -0.05) is 56.3 Å². The summed E-state index contributed by atoms with van der Waals surface area (Å²) < 4.78 is 0. The smallest absolute Gasteiger partial charge is 0.326 e. The molecule has 0 heterocycles. The molecule has 13 heteroatoms. The summed E-state index contributed by atoms with van der Waals surface area (Å²) in [6.45, 7) is 3.88. The normalized spacial score (nSPS) is 13.7. The number of benzene rings is 2. The second-order valence-corrected chi connectivity index (χ2v) is 10.8. The third-order valence-corrected chi connectivity index (χ3v) is 6.54. The highest BCUT2D eigenvalue weighted by molar-refractivity contribution is 5.94.